The van der Waals surface area contributed by atoms with Crippen molar-refractivity contribution < 1.29 is 15.0 Å². The zero-order chi connectivity index (χ0) is 12.4. The van der Waals surface area contributed by atoms with Gasteiger partial charge in [0.15, 0.2) is 0 Å². The topological polar surface area (TPSA) is 64.0 Å². The Labute approximate surface area is 102 Å². The number of amides is 1. The van der Waals surface area contributed by atoms with E-state index in [1.54, 1.807) is 0 Å². The fourth-order valence-electron chi connectivity index (χ4n) is 2.65. The number of hydrogen-bond donors (Lipinski definition) is 2. The number of likely N-dealkylation sites (tertiary alicyclic amines) is 2. The molecule has 5 nitrogen and oxygen atoms in total. The Hall–Kier alpha value is -0.650. The minimum absolute atomic E-state index is 0.131. The number of nitrogens with zero attached hydrogens (tertiary/aromatic N) is 2. The van der Waals surface area contributed by atoms with E-state index in [4.69, 9.17) is 0 Å². The zero-order valence-corrected chi connectivity index (χ0v) is 10.4. The summed E-state index contributed by atoms with van der Waals surface area (Å²) < 4.78 is 0. The molecule has 2 N–H and O–H groups in total. The highest BCUT2D eigenvalue weighted by atomic mass is 16.3. The highest BCUT2D eigenvalue weighted by Crippen LogP contribution is 2.17. The van der Waals surface area contributed by atoms with E-state index < -0.39 is 12.2 Å². The molecule has 0 radical (unpaired) electrons. The second kappa shape index (κ2) is 5.33. The third-order valence-corrected chi connectivity index (χ3v) is 3.86. The summed E-state index contributed by atoms with van der Waals surface area (Å²) in [5.74, 6) is 0.131. The maximum absolute atomic E-state index is 12.2. The average Bonchev–Trinajstić information content (AvgIpc) is 2.69. The van der Waals surface area contributed by atoms with Gasteiger partial charge in [-0.3, -0.25) is 9.69 Å². The molecule has 2 fully saturated rings. The largest absolute Gasteiger partial charge is 0.389 e. The van der Waals surface area contributed by atoms with Crippen LogP contribution < -0.4 is 0 Å². The van der Waals surface area contributed by atoms with Gasteiger partial charge in [-0.2, -0.15) is 0 Å². The van der Waals surface area contributed by atoms with E-state index in [1.807, 2.05) is 16.7 Å². The summed E-state index contributed by atoms with van der Waals surface area (Å²) in [5, 5.41) is 19.0. The molecule has 3 atom stereocenters. The van der Waals surface area contributed by atoms with Crippen molar-refractivity contribution in [2.75, 3.05) is 26.2 Å². The third-order valence-electron chi connectivity index (χ3n) is 3.86. The molecule has 2 saturated heterocycles. The van der Waals surface area contributed by atoms with Gasteiger partial charge in [-0.25, -0.2) is 0 Å². The normalized spacial score (nSPS) is 32.8. The first-order chi connectivity index (χ1) is 8.09. The second-order valence-electron chi connectivity index (χ2n) is 5.15. The van der Waals surface area contributed by atoms with Gasteiger partial charge < -0.3 is 15.1 Å². The Morgan fingerprint density at radius 2 is 1.65 bits per heavy atom. The van der Waals surface area contributed by atoms with Crippen LogP contribution in [0, 0.1) is 0 Å². The molecular formula is C12H22N2O3. The van der Waals surface area contributed by atoms with Crippen molar-refractivity contribution in [3.63, 3.8) is 0 Å². The molecule has 98 valence electrons. The van der Waals surface area contributed by atoms with Crippen LogP contribution in [0.3, 0.4) is 0 Å². The minimum Gasteiger partial charge on any atom is -0.389 e. The van der Waals surface area contributed by atoms with Crippen LogP contribution in [-0.4, -0.2) is 70.3 Å². The molecule has 1 unspecified atom stereocenters. The molecule has 2 aliphatic rings. The summed E-state index contributed by atoms with van der Waals surface area (Å²) in [7, 11) is 0. The molecule has 0 bridgehead atoms. The van der Waals surface area contributed by atoms with Crippen LogP contribution in [-0.2, 0) is 4.79 Å². The van der Waals surface area contributed by atoms with Crippen LogP contribution in [0.2, 0.25) is 0 Å². The fourth-order valence-corrected chi connectivity index (χ4v) is 2.65. The van der Waals surface area contributed by atoms with Crippen LogP contribution in [0.5, 0.6) is 0 Å². The summed E-state index contributed by atoms with van der Waals surface area (Å²) in [6.07, 6.45) is 1.95. The van der Waals surface area contributed by atoms with E-state index in [0.29, 0.717) is 13.1 Å². The molecule has 0 aliphatic carbocycles. The number of carbonyl (C=O) groups is 1. The highest BCUT2D eigenvalue weighted by Gasteiger charge is 2.36. The van der Waals surface area contributed by atoms with Crippen LogP contribution >= 0.6 is 0 Å². The zero-order valence-electron chi connectivity index (χ0n) is 10.4. The van der Waals surface area contributed by atoms with Crippen molar-refractivity contribution in [3.05, 3.63) is 0 Å². The fraction of sp³-hybridized carbons (Fsp3) is 0.917. The molecule has 0 aromatic rings. The van der Waals surface area contributed by atoms with E-state index in [2.05, 4.69) is 0 Å². The van der Waals surface area contributed by atoms with Gasteiger partial charge in [0.25, 0.3) is 0 Å². The molecule has 2 aliphatic heterocycles. The van der Waals surface area contributed by atoms with Crippen molar-refractivity contribution in [1.82, 2.24) is 9.80 Å². The Morgan fingerprint density at radius 1 is 1.12 bits per heavy atom. The van der Waals surface area contributed by atoms with Crippen molar-refractivity contribution in [2.24, 2.45) is 0 Å². The standard InChI is InChI=1S/C12H22N2O3/c1-9(14-7-10(15)11(16)8-14)12(17)13-5-3-2-4-6-13/h9-11,15-16H,2-8H2,1H3/t9?,10-,11+. The lowest BCUT2D eigenvalue weighted by Crippen LogP contribution is -2.48. The highest BCUT2D eigenvalue weighted by molar-refractivity contribution is 5.81. The van der Waals surface area contributed by atoms with Crippen LogP contribution in [0.15, 0.2) is 0 Å². The smallest absolute Gasteiger partial charge is 0.239 e. The summed E-state index contributed by atoms with van der Waals surface area (Å²) in [5.41, 5.74) is 0. The van der Waals surface area contributed by atoms with Crippen LogP contribution in [0.4, 0.5) is 0 Å². The second-order valence-corrected chi connectivity index (χ2v) is 5.15. The number of β-amino-alcohol motifs (C(OH)–C–C–N with tert-alkyl or cyclic N) is 2. The van der Waals surface area contributed by atoms with E-state index in [9.17, 15) is 15.0 Å². The maximum Gasteiger partial charge on any atom is 0.239 e. The molecular weight excluding hydrogens is 220 g/mol. The Morgan fingerprint density at radius 3 is 2.18 bits per heavy atom. The van der Waals surface area contributed by atoms with Gasteiger partial charge in [-0.1, -0.05) is 0 Å². The monoisotopic (exact) mass is 242 g/mol. The van der Waals surface area contributed by atoms with E-state index in [-0.39, 0.29) is 11.9 Å². The minimum atomic E-state index is -0.716. The lowest BCUT2D eigenvalue weighted by Gasteiger charge is -2.32. The first-order valence-electron chi connectivity index (χ1n) is 6.48. The third kappa shape index (κ3) is 2.78. The summed E-state index contributed by atoms with van der Waals surface area (Å²) in [4.78, 5) is 16.0. The Kier molecular flexibility index (Phi) is 4.01. The molecule has 1 amide bonds. The molecule has 2 rings (SSSR count). The van der Waals surface area contributed by atoms with Gasteiger partial charge in [0.2, 0.25) is 5.91 Å². The summed E-state index contributed by atoms with van der Waals surface area (Å²) in [6, 6.07) is -0.236. The van der Waals surface area contributed by atoms with Crippen molar-refractivity contribution >= 4 is 5.91 Å². The van der Waals surface area contributed by atoms with Gasteiger partial charge in [0.05, 0.1) is 18.2 Å². The lowest BCUT2D eigenvalue weighted by atomic mass is 10.1. The first-order valence-corrected chi connectivity index (χ1v) is 6.48. The van der Waals surface area contributed by atoms with Gasteiger partial charge in [0, 0.05) is 26.2 Å². The van der Waals surface area contributed by atoms with Crippen LogP contribution in [0.25, 0.3) is 0 Å². The van der Waals surface area contributed by atoms with E-state index in [0.717, 1.165) is 25.9 Å². The van der Waals surface area contributed by atoms with Gasteiger partial charge in [-0.15, -0.1) is 0 Å². The average molecular weight is 242 g/mol. The Balaban J connectivity index is 1.90. The number of hydrogen-bond acceptors (Lipinski definition) is 4. The molecule has 0 aromatic carbocycles. The first kappa shape index (κ1) is 12.8. The summed E-state index contributed by atoms with van der Waals surface area (Å²) in [6.45, 7) is 4.34. The molecule has 17 heavy (non-hydrogen) atoms. The number of carbonyl (C=O) groups excluding carboxylic acids is 1. The number of aliphatic hydroxyl groups excluding tert-OH is 2. The van der Waals surface area contributed by atoms with Gasteiger partial charge in [-0.05, 0) is 26.2 Å². The number of rotatable bonds is 2. The maximum atomic E-state index is 12.2. The number of piperidine rings is 1. The quantitative estimate of drug-likeness (QED) is 0.680. The van der Waals surface area contributed by atoms with Crippen molar-refractivity contribution in [1.29, 1.82) is 0 Å². The molecule has 0 aromatic heterocycles. The van der Waals surface area contributed by atoms with Crippen molar-refractivity contribution in [2.45, 2.75) is 44.4 Å². The molecule has 0 saturated carbocycles. The molecule has 5 heteroatoms. The SMILES string of the molecule is CC(C(=O)N1CCCCC1)N1C[C@@H](O)[C@@H](O)C1. The predicted octanol–water partition coefficient (Wildman–Crippen LogP) is -0.575. The van der Waals surface area contributed by atoms with Gasteiger partial charge in [0.1, 0.15) is 0 Å². The summed E-state index contributed by atoms with van der Waals surface area (Å²) >= 11 is 0. The number of aliphatic hydroxyl groups is 2. The Bertz CT molecular complexity index is 269. The molecule has 2 heterocycles. The van der Waals surface area contributed by atoms with Gasteiger partial charge >= 0.3 is 0 Å². The lowest BCUT2D eigenvalue weighted by molar-refractivity contribution is -0.137. The van der Waals surface area contributed by atoms with E-state index >= 15 is 0 Å². The van der Waals surface area contributed by atoms with Crippen LogP contribution in [0.1, 0.15) is 26.2 Å². The van der Waals surface area contributed by atoms with Crippen molar-refractivity contribution in [3.8, 4) is 0 Å². The predicted molar refractivity (Wildman–Crippen MR) is 63.5 cm³/mol. The van der Waals surface area contributed by atoms with E-state index in [1.165, 1.54) is 6.42 Å². The molecule has 0 spiro atoms.